The molecule has 2 aromatic carbocycles. The van der Waals surface area contributed by atoms with Gasteiger partial charge in [-0.1, -0.05) is 48.5 Å². The lowest BCUT2D eigenvalue weighted by Gasteiger charge is -2.35. The van der Waals surface area contributed by atoms with Crippen molar-refractivity contribution in [1.29, 1.82) is 0 Å². The van der Waals surface area contributed by atoms with Gasteiger partial charge >= 0.3 is 12.1 Å². The zero-order valence-corrected chi connectivity index (χ0v) is 20.2. The highest BCUT2D eigenvalue weighted by molar-refractivity contribution is 5.79. The molecule has 186 valence electrons. The summed E-state index contributed by atoms with van der Waals surface area (Å²) in [4.78, 5) is 35.1. The molecule has 2 amide bonds. The standard InChI is InChI=1S/C28H34N2O5/c1-18(7-6-12-27(32)33)30-26(31)15-19-13-20(14-19)16-29-28(34)35-17-25-23-10-4-2-8-21(23)22-9-3-5-11-24(22)25/h2-5,8-11,18-20,25H,6-7,12-17H2,1H3,(H,29,34)(H,30,31)(H,32,33). The first-order valence-electron chi connectivity index (χ1n) is 12.5. The number of carbonyl (C=O) groups excluding carboxylic acids is 2. The highest BCUT2D eigenvalue weighted by atomic mass is 16.5. The van der Waals surface area contributed by atoms with Crippen LogP contribution in [0, 0.1) is 11.8 Å². The summed E-state index contributed by atoms with van der Waals surface area (Å²) in [6, 6.07) is 16.5. The molecule has 1 unspecified atom stereocenters. The molecule has 7 heteroatoms. The van der Waals surface area contributed by atoms with Gasteiger partial charge in [0.2, 0.25) is 5.91 Å². The van der Waals surface area contributed by atoms with E-state index in [2.05, 4.69) is 34.9 Å². The first-order chi connectivity index (χ1) is 16.9. The SMILES string of the molecule is CC(CCCC(=O)O)NC(=O)CC1CC(CNC(=O)OCC2c3ccccc3-c3ccccc32)C1. The molecule has 4 rings (SSSR count). The molecule has 7 nitrogen and oxygen atoms in total. The topological polar surface area (TPSA) is 105 Å². The Hall–Kier alpha value is -3.35. The van der Waals surface area contributed by atoms with E-state index in [9.17, 15) is 14.4 Å². The van der Waals surface area contributed by atoms with Crippen LogP contribution in [0.5, 0.6) is 0 Å². The largest absolute Gasteiger partial charge is 0.481 e. The summed E-state index contributed by atoms with van der Waals surface area (Å²) in [7, 11) is 0. The summed E-state index contributed by atoms with van der Waals surface area (Å²) in [6.07, 6.45) is 3.24. The molecule has 35 heavy (non-hydrogen) atoms. The van der Waals surface area contributed by atoms with Crippen molar-refractivity contribution in [1.82, 2.24) is 10.6 Å². The fourth-order valence-electron chi connectivity index (χ4n) is 5.31. The predicted molar refractivity (Wildman–Crippen MR) is 133 cm³/mol. The fraction of sp³-hybridized carbons (Fsp3) is 0.464. The summed E-state index contributed by atoms with van der Waals surface area (Å²) in [5, 5.41) is 14.5. The number of carbonyl (C=O) groups is 3. The van der Waals surface area contributed by atoms with Crippen molar-refractivity contribution < 1.29 is 24.2 Å². The molecule has 2 aliphatic rings. The first-order valence-corrected chi connectivity index (χ1v) is 12.5. The number of fused-ring (bicyclic) bond motifs is 3. The Bertz CT molecular complexity index is 1020. The molecule has 0 bridgehead atoms. The molecule has 2 aromatic rings. The minimum absolute atomic E-state index is 0.0146. The molecule has 1 atom stereocenters. The number of amides is 2. The Morgan fingerprint density at radius 1 is 1.00 bits per heavy atom. The van der Waals surface area contributed by atoms with Crippen LogP contribution in [0.15, 0.2) is 48.5 Å². The van der Waals surface area contributed by atoms with Crippen LogP contribution >= 0.6 is 0 Å². The van der Waals surface area contributed by atoms with Gasteiger partial charge in [0.15, 0.2) is 0 Å². The number of rotatable bonds is 11. The number of hydrogen-bond donors (Lipinski definition) is 3. The molecule has 0 aromatic heterocycles. The van der Waals surface area contributed by atoms with Crippen LogP contribution in [0.2, 0.25) is 0 Å². The number of carboxylic acids is 1. The lowest BCUT2D eigenvalue weighted by atomic mass is 9.73. The van der Waals surface area contributed by atoms with Gasteiger partial charge in [-0.3, -0.25) is 9.59 Å². The van der Waals surface area contributed by atoms with Crippen molar-refractivity contribution in [3.63, 3.8) is 0 Å². The molecular formula is C28H34N2O5. The van der Waals surface area contributed by atoms with E-state index in [-0.39, 0.29) is 24.3 Å². The Labute approximate surface area is 206 Å². The van der Waals surface area contributed by atoms with E-state index in [1.54, 1.807) is 0 Å². The van der Waals surface area contributed by atoms with Crippen molar-refractivity contribution in [2.75, 3.05) is 13.2 Å². The lowest BCUT2D eigenvalue weighted by Crippen LogP contribution is -2.40. The molecule has 0 radical (unpaired) electrons. The Balaban J connectivity index is 1.13. The first kappa shape index (κ1) is 24.8. The molecular weight excluding hydrogens is 444 g/mol. The molecule has 1 saturated carbocycles. The van der Waals surface area contributed by atoms with Crippen LogP contribution in [0.4, 0.5) is 4.79 Å². The third-order valence-corrected chi connectivity index (χ3v) is 7.12. The van der Waals surface area contributed by atoms with Crippen LogP contribution in [0.3, 0.4) is 0 Å². The second-order valence-corrected chi connectivity index (χ2v) is 9.87. The third-order valence-electron chi connectivity index (χ3n) is 7.12. The molecule has 0 heterocycles. The maximum absolute atomic E-state index is 12.3. The van der Waals surface area contributed by atoms with Gasteiger partial charge in [0.1, 0.15) is 6.61 Å². The quantitative estimate of drug-likeness (QED) is 0.434. The average molecular weight is 479 g/mol. The number of aliphatic carboxylic acids is 1. The number of nitrogens with one attached hydrogen (secondary N) is 2. The van der Waals surface area contributed by atoms with Crippen LogP contribution < -0.4 is 10.6 Å². The fourth-order valence-corrected chi connectivity index (χ4v) is 5.31. The van der Waals surface area contributed by atoms with Gasteiger partial charge in [0.05, 0.1) is 0 Å². The van der Waals surface area contributed by atoms with Gasteiger partial charge < -0.3 is 20.5 Å². The maximum atomic E-state index is 12.3. The van der Waals surface area contributed by atoms with Gasteiger partial charge in [0.25, 0.3) is 0 Å². The molecule has 1 fully saturated rings. The van der Waals surface area contributed by atoms with Crippen LogP contribution in [0.25, 0.3) is 11.1 Å². The van der Waals surface area contributed by atoms with Crippen molar-refractivity contribution in [3.8, 4) is 11.1 Å². The van der Waals surface area contributed by atoms with Crippen LogP contribution in [-0.2, 0) is 14.3 Å². The Kier molecular flexibility index (Phi) is 8.06. The summed E-state index contributed by atoms with van der Waals surface area (Å²) in [5.74, 6) is -0.0560. The van der Waals surface area contributed by atoms with E-state index >= 15 is 0 Å². The summed E-state index contributed by atoms with van der Waals surface area (Å²) in [6.45, 7) is 2.76. The molecule has 0 aliphatic heterocycles. The maximum Gasteiger partial charge on any atom is 0.407 e. The molecule has 2 aliphatic carbocycles. The number of benzene rings is 2. The van der Waals surface area contributed by atoms with E-state index < -0.39 is 12.1 Å². The minimum atomic E-state index is -0.810. The predicted octanol–water partition coefficient (Wildman–Crippen LogP) is 4.70. The Morgan fingerprint density at radius 2 is 1.63 bits per heavy atom. The van der Waals surface area contributed by atoms with Crippen molar-refractivity contribution in [2.45, 2.75) is 57.4 Å². The van der Waals surface area contributed by atoms with Gasteiger partial charge in [-0.2, -0.15) is 0 Å². The Morgan fingerprint density at radius 3 is 2.26 bits per heavy atom. The third kappa shape index (κ3) is 6.41. The number of hydrogen-bond acceptors (Lipinski definition) is 4. The second kappa shape index (κ2) is 11.4. The summed E-state index contributed by atoms with van der Waals surface area (Å²) in [5.41, 5.74) is 4.79. The van der Waals surface area contributed by atoms with E-state index in [0.717, 1.165) is 12.8 Å². The van der Waals surface area contributed by atoms with E-state index in [0.29, 0.717) is 44.2 Å². The van der Waals surface area contributed by atoms with Crippen molar-refractivity contribution in [3.05, 3.63) is 59.7 Å². The highest BCUT2D eigenvalue weighted by Gasteiger charge is 2.32. The van der Waals surface area contributed by atoms with Gasteiger partial charge in [-0.25, -0.2) is 4.79 Å². The molecule has 3 N–H and O–H groups in total. The van der Waals surface area contributed by atoms with Gasteiger partial charge in [-0.15, -0.1) is 0 Å². The van der Waals surface area contributed by atoms with E-state index in [1.165, 1.54) is 22.3 Å². The molecule has 0 saturated heterocycles. The lowest BCUT2D eigenvalue weighted by molar-refractivity contribution is -0.137. The van der Waals surface area contributed by atoms with Crippen molar-refractivity contribution >= 4 is 18.0 Å². The monoisotopic (exact) mass is 478 g/mol. The van der Waals surface area contributed by atoms with Crippen molar-refractivity contribution in [2.24, 2.45) is 11.8 Å². The van der Waals surface area contributed by atoms with E-state index in [1.807, 2.05) is 31.2 Å². The smallest absolute Gasteiger partial charge is 0.407 e. The molecule has 0 spiro atoms. The van der Waals surface area contributed by atoms with Gasteiger partial charge in [-0.05, 0) is 66.7 Å². The number of carboxylic acid groups (broad SMARTS) is 1. The average Bonchev–Trinajstić information content (AvgIpc) is 3.12. The number of alkyl carbamates (subject to hydrolysis) is 1. The zero-order valence-electron chi connectivity index (χ0n) is 20.2. The summed E-state index contributed by atoms with van der Waals surface area (Å²) >= 11 is 0. The van der Waals surface area contributed by atoms with Crippen LogP contribution in [-0.4, -0.2) is 42.3 Å². The zero-order chi connectivity index (χ0) is 24.8. The normalized spacial score (nSPS) is 19.1. The number of ether oxygens (including phenoxy) is 1. The van der Waals surface area contributed by atoms with Crippen LogP contribution in [0.1, 0.15) is 62.5 Å². The second-order valence-electron chi connectivity index (χ2n) is 9.87. The minimum Gasteiger partial charge on any atom is -0.481 e. The van der Waals surface area contributed by atoms with Gasteiger partial charge in [0, 0.05) is 31.3 Å². The summed E-state index contributed by atoms with van der Waals surface area (Å²) < 4.78 is 5.59. The highest BCUT2D eigenvalue weighted by Crippen LogP contribution is 2.44. The van der Waals surface area contributed by atoms with E-state index in [4.69, 9.17) is 9.84 Å².